The van der Waals surface area contributed by atoms with Crippen molar-refractivity contribution in [2.24, 2.45) is 10.7 Å². The van der Waals surface area contributed by atoms with Crippen LogP contribution in [-0.2, 0) is 11.3 Å². The second kappa shape index (κ2) is 7.48. The number of benzene rings is 1. The van der Waals surface area contributed by atoms with Crippen LogP contribution >= 0.6 is 11.3 Å². The minimum absolute atomic E-state index is 0.604. The van der Waals surface area contributed by atoms with Crippen molar-refractivity contribution in [3.63, 3.8) is 0 Å². The predicted octanol–water partition coefficient (Wildman–Crippen LogP) is 2.57. The second-order valence-electron chi connectivity index (χ2n) is 5.27. The summed E-state index contributed by atoms with van der Waals surface area (Å²) in [5.74, 6) is 1.47. The Bertz CT molecular complexity index is 661. The van der Waals surface area contributed by atoms with E-state index in [0.717, 1.165) is 32.1 Å². The molecule has 0 saturated carbocycles. The van der Waals surface area contributed by atoms with E-state index in [-0.39, 0.29) is 0 Å². The fourth-order valence-electron chi connectivity index (χ4n) is 2.42. The number of thiophene rings is 1. The number of ether oxygens (including phenoxy) is 2. The highest BCUT2D eigenvalue weighted by Crippen LogP contribution is 2.29. The van der Waals surface area contributed by atoms with Crippen LogP contribution in [0.5, 0.6) is 5.75 Å². The lowest BCUT2D eigenvalue weighted by atomic mass is 10.2. The van der Waals surface area contributed by atoms with Gasteiger partial charge in [-0.05, 0) is 42.0 Å². The third-order valence-electron chi connectivity index (χ3n) is 3.77. The highest BCUT2D eigenvalue weighted by molar-refractivity contribution is 7.15. The van der Waals surface area contributed by atoms with Gasteiger partial charge >= 0.3 is 0 Å². The maximum absolute atomic E-state index is 6.06. The summed E-state index contributed by atoms with van der Waals surface area (Å²) >= 11 is 1.74. The third kappa shape index (κ3) is 4.03. The fraction of sp³-hybridized carbons (Fsp3) is 0.353. The molecule has 0 unspecified atom stereocenters. The molecule has 122 valence electrons. The van der Waals surface area contributed by atoms with Gasteiger partial charge in [0.15, 0.2) is 5.96 Å². The van der Waals surface area contributed by atoms with Crippen LogP contribution in [0.1, 0.15) is 4.88 Å². The Morgan fingerprint density at radius 1 is 1.22 bits per heavy atom. The van der Waals surface area contributed by atoms with Crippen LogP contribution in [-0.4, -0.2) is 44.3 Å². The zero-order chi connectivity index (χ0) is 16.1. The van der Waals surface area contributed by atoms with Gasteiger partial charge in [-0.1, -0.05) is 0 Å². The normalized spacial score (nSPS) is 15.7. The van der Waals surface area contributed by atoms with E-state index in [1.54, 1.807) is 18.4 Å². The van der Waals surface area contributed by atoms with Gasteiger partial charge in [-0.25, -0.2) is 4.99 Å². The van der Waals surface area contributed by atoms with Gasteiger partial charge in [0.25, 0.3) is 0 Å². The number of hydrogen-bond donors (Lipinski definition) is 1. The van der Waals surface area contributed by atoms with E-state index in [9.17, 15) is 0 Å². The molecule has 1 aliphatic heterocycles. The molecular weight excluding hydrogens is 310 g/mol. The molecule has 0 amide bonds. The average Bonchev–Trinajstić information content (AvgIpc) is 3.09. The van der Waals surface area contributed by atoms with Crippen LogP contribution in [0.15, 0.2) is 41.4 Å². The zero-order valence-electron chi connectivity index (χ0n) is 13.2. The van der Waals surface area contributed by atoms with Crippen molar-refractivity contribution in [1.82, 2.24) is 4.90 Å². The van der Waals surface area contributed by atoms with E-state index >= 15 is 0 Å². The average molecular weight is 331 g/mol. The molecule has 0 radical (unpaired) electrons. The molecule has 6 heteroatoms. The number of aliphatic imine (C=N–C) groups is 1. The Balaban J connectivity index is 1.64. The zero-order valence-corrected chi connectivity index (χ0v) is 14.0. The smallest absolute Gasteiger partial charge is 0.191 e. The monoisotopic (exact) mass is 331 g/mol. The number of hydrogen-bond acceptors (Lipinski definition) is 4. The number of methoxy groups -OCH3 is 1. The van der Waals surface area contributed by atoms with Crippen molar-refractivity contribution in [3.8, 4) is 16.2 Å². The van der Waals surface area contributed by atoms with Gasteiger partial charge in [0.05, 0.1) is 26.9 Å². The van der Waals surface area contributed by atoms with Crippen molar-refractivity contribution in [1.29, 1.82) is 0 Å². The standard InChI is InChI=1S/C17H21N3O2S/c1-21-14-4-2-13(3-5-14)16-7-6-15(23-16)12-19-17(18)20-8-10-22-11-9-20/h2-7H,8-12H2,1H3,(H2,18,19). The molecule has 2 N–H and O–H groups in total. The lowest BCUT2D eigenvalue weighted by Crippen LogP contribution is -2.44. The fourth-order valence-corrected chi connectivity index (χ4v) is 3.36. The van der Waals surface area contributed by atoms with Crippen molar-refractivity contribution in [3.05, 3.63) is 41.3 Å². The summed E-state index contributed by atoms with van der Waals surface area (Å²) in [7, 11) is 1.68. The molecule has 2 aromatic rings. The first-order chi connectivity index (χ1) is 11.3. The van der Waals surface area contributed by atoms with Crippen molar-refractivity contribution in [2.45, 2.75) is 6.54 Å². The third-order valence-corrected chi connectivity index (χ3v) is 4.89. The van der Waals surface area contributed by atoms with Gasteiger partial charge in [-0.15, -0.1) is 11.3 Å². The van der Waals surface area contributed by atoms with Crippen LogP contribution in [0.3, 0.4) is 0 Å². The maximum Gasteiger partial charge on any atom is 0.191 e. The number of rotatable bonds is 4. The number of nitrogens with two attached hydrogens (primary N) is 1. The van der Waals surface area contributed by atoms with Crippen LogP contribution < -0.4 is 10.5 Å². The summed E-state index contributed by atoms with van der Waals surface area (Å²) < 4.78 is 10.5. The molecule has 1 fully saturated rings. The van der Waals surface area contributed by atoms with Crippen LogP contribution in [0, 0.1) is 0 Å². The first-order valence-electron chi connectivity index (χ1n) is 7.62. The Kier molecular flexibility index (Phi) is 5.15. The van der Waals surface area contributed by atoms with E-state index in [1.807, 2.05) is 12.1 Å². The highest BCUT2D eigenvalue weighted by atomic mass is 32.1. The predicted molar refractivity (Wildman–Crippen MR) is 94.0 cm³/mol. The van der Waals surface area contributed by atoms with E-state index in [1.165, 1.54) is 15.3 Å². The van der Waals surface area contributed by atoms with Crippen molar-refractivity contribution in [2.75, 3.05) is 33.4 Å². The highest BCUT2D eigenvalue weighted by Gasteiger charge is 2.12. The van der Waals surface area contributed by atoms with E-state index in [4.69, 9.17) is 15.2 Å². The summed E-state index contributed by atoms with van der Waals surface area (Å²) in [6, 6.07) is 12.3. The molecule has 1 aromatic carbocycles. The van der Waals surface area contributed by atoms with Gasteiger partial charge in [0.1, 0.15) is 5.75 Å². The second-order valence-corrected chi connectivity index (χ2v) is 6.44. The molecular formula is C17H21N3O2S. The van der Waals surface area contributed by atoms with Gasteiger partial charge in [-0.2, -0.15) is 0 Å². The lowest BCUT2D eigenvalue weighted by Gasteiger charge is -2.27. The molecule has 3 rings (SSSR count). The molecule has 2 heterocycles. The summed E-state index contributed by atoms with van der Waals surface area (Å²) in [5, 5.41) is 0. The van der Waals surface area contributed by atoms with Gasteiger partial charge in [0.2, 0.25) is 0 Å². The molecule has 0 aliphatic carbocycles. The molecule has 1 aromatic heterocycles. The first kappa shape index (κ1) is 15.8. The Morgan fingerprint density at radius 2 is 1.96 bits per heavy atom. The minimum Gasteiger partial charge on any atom is -0.497 e. The van der Waals surface area contributed by atoms with Crippen molar-refractivity contribution >= 4 is 17.3 Å². The molecule has 0 bridgehead atoms. The van der Waals surface area contributed by atoms with E-state index in [2.05, 4.69) is 34.2 Å². The lowest BCUT2D eigenvalue weighted by molar-refractivity contribution is 0.0674. The largest absolute Gasteiger partial charge is 0.497 e. The van der Waals surface area contributed by atoms with E-state index < -0.39 is 0 Å². The Morgan fingerprint density at radius 3 is 2.65 bits per heavy atom. The first-order valence-corrected chi connectivity index (χ1v) is 8.43. The van der Waals surface area contributed by atoms with Gasteiger partial charge in [0, 0.05) is 22.8 Å². The molecule has 1 aliphatic rings. The van der Waals surface area contributed by atoms with Crippen LogP contribution in [0.2, 0.25) is 0 Å². The van der Waals surface area contributed by atoms with Crippen LogP contribution in [0.4, 0.5) is 0 Å². The number of morpholine rings is 1. The summed E-state index contributed by atoms with van der Waals surface area (Å²) in [6.45, 7) is 3.69. The Hall–Kier alpha value is -2.05. The molecule has 0 atom stereocenters. The Labute approximate surface area is 140 Å². The van der Waals surface area contributed by atoms with Crippen molar-refractivity contribution < 1.29 is 9.47 Å². The van der Waals surface area contributed by atoms with Gasteiger partial charge < -0.3 is 20.1 Å². The molecule has 23 heavy (non-hydrogen) atoms. The molecule has 1 saturated heterocycles. The number of nitrogens with zero attached hydrogens (tertiary/aromatic N) is 2. The quantitative estimate of drug-likeness (QED) is 0.691. The molecule has 5 nitrogen and oxygen atoms in total. The van der Waals surface area contributed by atoms with Gasteiger partial charge in [-0.3, -0.25) is 0 Å². The molecule has 0 spiro atoms. The minimum atomic E-state index is 0.604. The maximum atomic E-state index is 6.06. The topological polar surface area (TPSA) is 60.1 Å². The summed E-state index contributed by atoms with van der Waals surface area (Å²) in [4.78, 5) is 9.00. The SMILES string of the molecule is COc1ccc(-c2ccc(CN=C(N)N3CCOCC3)s2)cc1. The number of guanidine groups is 1. The van der Waals surface area contributed by atoms with Crippen LogP contribution in [0.25, 0.3) is 10.4 Å². The summed E-state index contributed by atoms with van der Waals surface area (Å²) in [6.07, 6.45) is 0. The van der Waals surface area contributed by atoms with E-state index in [0.29, 0.717) is 12.5 Å². The summed E-state index contributed by atoms with van der Waals surface area (Å²) in [5.41, 5.74) is 7.24.